The number of morpholine rings is 1. The Balaban J connectivity index is 0.00000240. The predicted octanol–water partition coefficient (Wildman–Crippen LogP) is 2.13. The minimum atomic E-state index is 0. The highest BCUT2D eigenvalue weighted by Gasteiger charge is 2.27. The summed E-state index contributed by atoms with van der Waals surface area (Å²) >= 11 is 1.79. The average molecular weight is 535 g/mol. The molecule has 29 heavy (non-hydrogen) atoms. The van der Waals surface area contributed by atoms with Gasteiger partial charge in [0.1, 0.15) is 0 Å². The van der Waals surface area contributed by atoms with Crippen LogP contribution in [0.2, 0.25) is 0 Å². The highest BCUT2D eigenvalue weighted by atomic mass is 127. The number of nitrogens with zero attached hydrogens (tertiary/aromatic N) is 5. The van der Waals surface area contributed by atoms with E-state index >= 15 is 0 Å². The molecule has 1 aromatic rings. The molecule has 0 bridgehead atoms. The molecule has 1 atom stereocenters. The predicted molar refractivity (Wildman–Crippen MR) is 131 cm³/mol. The highest BCUT2D eigenvalue weighted by molar-refractivity contribution is 14.0. The number of halogens is 1. The second-order valence-corrected chi connectivity index (χ2v) is 8.89. The average Bonchev–Trinajstić information content (AvgIpc) is 3.47. The maximum Gasteiger partial charge on any atom is 0.193 e. The van der Waals surface area contributed by atoms with Gasteiger partial charge in [-0.05, 0) is 25.2 Å². The van der Waals surface area contributed by atoms with Crippen molar-refractivity contribution >= 4 is 46.4 Å². The van der Waals surface area contributed by atoms with E-state index in [1.54, 1.807) is 11.3 Å². The van der Waals surface area contributed by atoms with Gasteiger partial charge in [0.2, 0.25) is 0 Å². The van der Waals surface area contributed by atoms with E-state index in [9.17, 15) is 0 Å². The molecular weight excluding hydrogens is 499 g/mol. The lowest BCUT2D eigenvalue weighted by Crippen LogP contribution is -2.42. The van der Waals surface area contributed by atoms with Gasteiger partial charge in [0.15, 0.2) is 11.1 Å². The Hall–Kier alpha value is -0.650. The second kappa shape index (κ2) is 11.7. The van der Waals surface area contributed by atoms with Gasteiger partial charge in [-0.15, -0.1) is 35.3 Å². The van der Waals surface area contributed by atoms with Crippen molar-refractivity contribution in [2.24, 2.45) is 10.9 Å². The molecule has 0 radical (unpaired) electrons. The number of rotatable bonds is 6. The minimum Gasteiger partial charge on any atom is -0.379 e. The fraction of sp³-hybridized carbons (Fsp3) is 0.800. The third-order valence-corrected chi connectivity index (χ3v) is 6.95. The molecule has 3 fully saturated rings. The molecule has 0 saturated carbocycles. The molecule has 9 heteroatoms. The largest absolute Gasteiger partial charge is 0.379 e. The Kier molecular flexibility index (Phi) is 9.26. The third kappa shape index (κ3) is 6.41. The molecule has 4 heterocycles. The van der Waals surface area contributed by atoms with Gasteiger partial charge < -0.3 is 19.9 Å². The lowest BCUT2D eigenvalue weighted by atomic mass is 10.1. The molecule has 4 rings (SSSR count). The Labute approximate surface area is 195 Å². The zero-order valence-corrected chi connectivity index (χ0v) is 20.7. The summed E-state index contributed by atoms with van der Waals surface area (Å²) in [5.74, 6) is 1.78. The van der Waals surface area contributed by atoms with E-state index in [4.69, 9.17) is 9.72 Å². The van der Waals surface area contributed by atoms with Crippen LogP contribution >= 0.6 is 35.3 Å². The number of ether oxygens (including phenoxy) is 1. The van der Waals surface area contributed by atoms with Crippen molar-refractivity contribution in [1.29, 1.82) is 0 Å². The van der Waals surface area contributed by atoms with E-state index in [1.165, 1.54) is 49.7 Å². The molecular formula is C20H35IN6OS. The van der Waals surface area contributed by atoms with Gasteiger partial charge in [-0.3, -0.25) is 9.89 Å². The van der Waals surface area contributed by atoms with E-state index in [0.717, 1.165) is 64.2 Å². The van der Waals surface area contributed by atoms with Gasteiger partial charge in [0, 0.05) is 71.2 Å². The van der Waals surface area contributed by atoms with Gasteiger partial charge in [-0.25, -0.2) is 4.98 Å². The Morgan fingerprint density at radius 2 is 2.03 bits per heavy atom. The Morgan fingerprint density at radius 1 is 1.24 bits per heavy atom. The van der Waals surface area contributed by atoms with Crippen LogP contribution in [0, 0.1) is 5.92 Å². The summed E-state index contributed by atoms with van der Waals surface area (Å²) in [4.78, 5) is 16.7. The summed E-state index contributed by atoms with van der Waals surface area (Å²) in [7, 11) is 1.89. The summed E-state index contributed by atoms with van der Waals surface area (Å²) in [5.41, 5.74) is 1.20. The summed E-state index contributed by atoms with van der Waals surface area (Å²) in [6, 6.07) is 0. The summed E-state index contributed by atoms with van der Waals surface area (Å²) in [6.07, 6.45) is 4.81. The lowest BCUT2D eigenvalue weighted by molar-refractivity contribution is 0.0315. The van der Waals surface area contributed by atoms with Crippen LogP contribution in [0.5, 0.6) is 0 Å². The molecule has 3 aliphatic rings. The zero-order chi connectivity index (χ0) is 19.2. The van der Waals surface area contributed by atoms with Crippen LogP contribution in [0.3, 0.4) is 0 Å². The molecule has 1 N–H and O–H groups in total. The number of aromatic nitrogens is 1. The number of aliphatic imine (C=N–C) groups is 1. The first-order valence-corrected chi connectivity index (χ1v) is 11.6. The maximum atomic E-state index is 5.46. The van der Waals surface area contributed by atoms with E-state index in [2.05, 4.69) is 30.4 Å². The van der Waals surface area contributed by atoms with E-state index in [0.29, 0.717) is 0 Å². The number of thiazole rings is 1. The van der Waals surface area contributed by atoms with Crippen LogP contribution in [-0.4, -0.2) is 93.4 Å². The molecule has 1 aromatic heterocycles. The van der Waals surface area contributed by atoms with Crippen LogP contribution in [0.1, 0.15) is 25.0 Å². The van der Waals surface area contributed by atoms with E-state index in [1.807, 2.05) is 7.05 Å². The number of likely N-dealkylation sites (tertiary alicyclic amines) is 1. The van der Waals surface area contributed by atoms with Crippen LogP contribution in [0.15, 0.2) is 10.4 Å². The van der Waals surface area contributed by atoms with Gasteiger partial charge in [0.05, 0.1) is 18.9 Å². The van der Waals surface area contributed by atoms with E-state index in [-0.39, 0.29) is 24.0 Å². The minimum absolute atomic E-state index is 0. The Bertz CT molecular complexity index is 645. The molecule has 3 saturated heterocycles. The third-order valence-electron chi connectivity index (χ3n) is 6.00. The van der Waals surface area contributed by atoms with Crippen molar-refractivity contribution in [3.8, 4) is 0 Å². The fourth-order valence-electron chi connectivity index (χ4n) is 4.42. The molecule has 0 amide bonds. The van der Waals surface area contributed by atoms with Gasteiger partial charge in [-0.1, -0.05) is 0 Å². The molecule has 7 nitrogen and oxygen atoms in total. The first kappa shape index (κ1) is 23.0. The van der Waals surface area contributed by atoms with Crippen molar-refractivity contribution in [2.45, 2.75) is 25.7 Å². The molecule has 0 spiro atoms. The second-order valence-electron chi connectivity index (χ2n) is 8.05. The first-order chi connectivity index (χ1) is 13.8. The molecule has 164 valence electrons. The summed E-state index contributed by atoms with van der Waals surface area (Å²) in [6.45, 7) is 10.5. The monoisotopic (exact) mass is 534 g/mol. The Morgan fingerprint density at radius 3 is 2.79 bits per heavy atom. The first-order valence-electron chi connectivity index (χ1n) is 10.8. The molecule has 0 aliphatic carbocycles. The topological polar surface area (TPSA) is 56.2 Å². The highest BCUT2D eigenvalue weighted by Crippen LogP contribution is 2.24. The normalized spacial score (nSPS) is 23.5. The summed E-state index contributed by atoms with van der Waals surface area (Å²) < 4.78 is 5.46. The SMILES string of the molecule is CN=C(NCCc1csc(N2CCCC2)n1)N1CCC(CN2CCOCC2)C1.I. The van der Waals surface area contributed by atoms with Crippen molar-refractivity contribution in [2.75, 3.05) is 77.5 Å². The zero-order valence-electron chi connectivity index (χ0n) is 17.5. The number of nitrogens with one attached hydrogen (secondary N) is 1. The van der Waals surface area contributed by atoms with Crippen molar-refractivity contribution in [3.05, 3.63) is 11.1 Å². The van der Waals surface area contributed by atoms with Crippen LogP contribution < -0.4 is 10.2 Å². The number of hydrogen-bond acceptors (Lipinski definition) is 6. The maximum absolute atomic E-state index is 5.46. The molecule has 0 aromatic carbocycles. The number of anilines is 1. The standard InChI is InChI=1S/C20H34N6OS.HI/c1-21-19(26-9-5-17(15-26)14-24-10-12-27-13-11-24)22-6-4-18-16-28-20(23-18)25-7-2-3-8-25;/h16-17H,2-15H2,1H3,(H,21,22);1H. The van der Waals surface area contributed by atoms with Gasteiger partial charge in [-0.2, -0.15) is 0 Å². The molecule has 1 unspecified atom stereocenters. The lowest BCUT2D eigenvalue weighted by Gasteiger charge is -2.29. The van der Waals surface area contributed by atoms with Gasteiger partial charge >= 0.3 is 0 Å². The van der Waals surface area contributed by atoms with Crippen molar-refractivity contribution < 1.29 is 4.74 Å². The van der Waals surface area contributed by atoms with Crippen molar-refractivity contribution in [3.63, 3.8) is 0 Å². The van der Waals surface area contributed by atoms with Crippen molar-refractivity contribution in [1.82, 2.24) is 20.1 Å². The van der Waals surface area contributed by atoms with Crippen LogP contribution in [-0.2, 0) is 11.2 Å². The van der Waals surface area contributed by atoms with Gasteiger partial charge in [0.25, 0.3) is 0 Å². The van der Waals surface area contributed by atoms with E-state index < -0.39 is 0 Å². The van der Waals surface area contributed by atoms with Crippen LogP contribution in [0.4, 0.5) is 5.13 Å². The number of hydrogen-bond donors (Lipinski definition) is 1. The smallest absolute Gasteiger partial charge is 0.193 e. The fourth-order valence-corrected chi connectivity index (χ4v) is 5.34. The number of guanidine groups is 1. The molecule has 3 aliphatic heterocycles. The summed E-state index contributed by atoms with van der Waals surface area (Å²) in [5, 5.41) is 6.97. The van der Waals surface area contributed by atoms with Crippen LogP contribution in [0.25, 0.3) is 0 Å². The quantitative estimate of drug-likeness (QED) is 0.343.